The summed E-state index contributed by atoms with van der Waals surface area (Å²) in [6.45, 7) is 0.330. The zero-order valence-electron chi connectivity index (χ0n) is 14.3. The van der Waals surface area contributed by atoms with Crippen LogP contribution in [0.15, 0.2) is 46.7 Å². The molecule has 1 amide bonds. The minimum Gasteiger partial charge on any atom is -0.452 e. The molecule has 1 unspecified atom stereocenters. The molecule has 1 saturated heterocycles. The van der Waals surface area contributed by atoms with Crippen molar-refractivity contribution in [3.63, 3.8) is 0 Å². The Morgan fingerprint density at radius 3 is 2.58 bits per heavy atom. The van der Waals surface area contributed by atoms with E-state index >= 15 is 0 Å². The van der Waals surface area contributed by atoms with Gasteiger partial charge in [-0.1, -0.05) is 6.07 Å². The summed E-state index contributed by atoms with van der Waals surface area (Å²) in [5, 5.41) is 1.98. The number of ether oxygens (including phenoxy) is 1. The van der Waals surface area contributed by atoms with Gasteiger partial charge in [0.25, 0.3) is 5.91 Å². The van der Waals surface area contributed by atoms with Crippen LogP contribution in [-0.2, 0) is 19.4 Å². The van der Waals surface area contributed by atoms with Crippen LogP contribution in [0.4, 0.5) is 0 Å². The van der Waals surface area contributed by atoms with Gasteiger partial charge in [0.1, 0.15) is 0 Å². The predicted molar refractivity (Wildman–Crippen MR) is 97.8 cm³/mol. The van der Waals surface area contributed by atoms with E-state index in [0.29, 0.717) is 6.54 Å². The maximum atomic E-state index is 12.4. The van der Waals surface area contributed by atoms with Gasteiger partial charge in [0.2, 0.25) is 0 Å². The lowest BCUT2D eigenvalue weighted by Gasteiger charge is -2.23. The number of sulfone groups is 1. The van der Waals surface area contributed by atoms with Crippen LogP contribution in [0.1, 0.15) is 34.1 Å². The Balaban J connectivity index is 1.59. The largest absolute Gasteiger partial charge is 0.452 e. The van der Waals surface area contributed by atoms with Crippen LogP contribution in [0, 0.1) is 0 Å². The molecule has 26 heavy (non-hydrogen) atoms. The first-order valence-electron chi connectivity index (χ1n) is 8.16. The van der Waals surface area contributed by atoms with Crippen LogP contribution in [0.2, 0.25) is 0 Å². The number of thiophene rings is 1. The van der Waals surface area contributed by atoms with Gasteiger partial charge in [0.05, 0.1) is 16.5 Å². The normalized spacial score (nSPS) is 17.3. The molecule has 1 aliphatic heterocycles. The number of benzene rings is 1. The highest BCUT2D eigenvalue weighted by Gasteiger charge is 2.31. The van der Waals surface area contributed by atoms with Crippen LogP contribution < -0.4 is 0 Å². The van der Waals surface area contributed by atoms with E-state index in [0.717, 1.165) is 24.0 Å². The lowest BCUT2D eigenvalue weighted by atomic mass is 10.2. The Bertz CT molecular complexity index is 888. The number of hydrogen-bond donors (Lipinski definition) is 0. The van der Waals surface area contributed by atoms with E-state index in [1.165, 1.54) is 24.3 Å². The molecule has 2 heterocycles. The molecule has 3 rings (SSSR count). The van der Waals surface area contributed by atoms with Crippen LogP contribution >= 0.6 is 11.3 Å². The van der Waals surface area contributed by atoms with E-state index in [1.807, 2.05) is 17.5 Å². The van der Waals surface area contributed by atoms with Crippen molar-refractivity contribution in [3.8, 4) is 0 Å². The molecule has 8 heteroatoms. The van der Waals surface area contributed by atoms with Crippen molar-refractivity contribution in [1.29, 1.82) is 0 Å². The van der Waals surface area contributed by atoms with Gasteiger partial charge in [0.15, 0.2) is 16.4 Å². The second-order valence-electron chi connectivity index (χ2n) is 6.13. The van der Waals surface area contributed by atoms with Crippen LogP contribution in [0.25, 0.3) is 0 Å². The van der Waals surface area contributed by atoms with Gasteiger partial charge < -0.3 is 9.64 Å². The van der Waals surface area contributed by atoms with E-state index in [-0.39, 0.29) is 29.0 Å². The summed E-state index contributed by atoms with van der Waals surface area (Å²) in [7, 11) is -3.32. The molecule has 1 aromatic heterocycles. The minimum atomic E-state index is -3.32. The number of likely N-dealkylation sites (tertiary alicyclic amines) is 1. The molecule has 0 saturated carbocycles. The molecule has 1 aliphatic rings. The number of nitrogens with zero attached hydrogens (tertiary/aromatic N) is 1. The van der Waals surface area contributed by atoms with Crippen LogP contribution in [-0.4, -0.2) is 44.6 Å². The molecule has 0 N–H and O–H groups in total. The summed E-state index contributed by atoms with van der Waals surface area (Å²) in [4.78, 5) is 27.6. The van der Waals surface area contributed by atoms with Gasteiger partial charge >= 0.3 is 5.97 Å². The fraction of sp³-hybridized carbons (Fsp3) is 0.333. The Hall–Kier alpha value is -2.19. The van der Waals surface area contributed by atoms with Crippen molar-refractivity contribution in [1.82, 2.24) is 4.90 Å². The monoisotopic (exact) mass is 393 g/mol. The quantitative estimate of drug-likeness (QED) is 0.730. The minimum absolute atomic E-state index is 0.0512. The van der Waals surface area contributed by atoms with Crippen molar-refractivity contribution in [3.05, 3.63) is 52.2 Å². The van der Waals surface area contributed by atoms with Gasteiger partial charge in [-0.05, 0) is 48.6 Å². The second kappa shape index (κ2) is 7.59. The fourth-order valence-corrected chi connectivity index (χ4v) is 4.48. The fourth-order valence-electron chi connectivity index (χ4n) is 2.97. The first-order valence-corrected chi connectivity index (χ1v) is 10.9. The van der Waals surface area contributed by atoms with E-state index in [2.05, 4.69) is 0 Å². The number of carbonyl (C=O) groups is 2. The molecule has 138 valence electrons. The molecule has 0 aliphatic carbocycles. The van der Waals surface area contributed by atoms with Crippen molar-refractivity contribution < 1.29 is 22.7 Å². The topological polar surface area (TPSA) is 80.7 Å². The molecule has 1 atom stereocenters. The zero-order valence-corrected chi connectivity index (χ0v) is 15.9. The van der Waals surface area contributed by atoms with Gasteiger partial charge in [-0.2, -0.15) is 0 Å². The van der Waals surface area contributed by atoms with E-state index < -0.39 is 15.8 Å². The number of hydrogen-bond acceptors (Lipinski definition) is 6. The molecule has 0 bridgehead atoms. The van der Waals surface area contributed by atoms with E-state index in [4.69, 9.17) is 4.74 Å². The van der Waals surface area contributed by atoms with Gasteiger partial charge in [-0.25, -0.2) is 13.2 Å². The highest BCUT2D eigenvalue weighted by atomic mass is 32.2. The average molecular weight is 393 g/mol. The van der Waals surface area contributed by atoms with Crippen molar-refractivity contribution in [2.24, 2.45) is 0 Å². The third kappa shape index (κ3) is 4.13. The molecular weight excluding hydrogens is 374 g/mol. The maximum Gasteiger partial charge on any atom is 0.338 e. The van der Waals surface area contributed by atoms with E-state index in [1.54, 1.807) is 16.2 Å². The lowest BCUT2D eigenvalue weighted by Crippen LogP contribution is -2.34. The third-order valence-electron chi connectivity index (χ3n) is 4.29. The first-order chi connectivity index (χ1) is 12.4. The molecule has 6 nitrogen and oxygen atoms in total. The van der Waals surface area contributed by atoms with Gasteiger partial charge in [-0.3, -0.25) is 4.79 Å². The molecule has 2 aromatic rings. The van der Waals surface area contributed by atoms with E-state index in [9.17, 15) is 18.0 Å². The number of esters is 1. The Morgan fingerprint density at radius 1 is 1.23 bits per heavy atom. The number of carbonyl (C=O) groups excluding carboxylic acids is 2. The first kappa shape index (κ1) is 18.6. The van der Waals surface area contributed by atoms with Gasteiger partial charge in [-0.15, -0.1) is 11.3 Å². The average Bonchev–Trinajstić information content (AvgIpc) is 3.29. The number of amides is 1. The third-order valence-corrected chi connectivity index (χ3v) is 6.39. The smallest absolute Gasteiger partial charge is 0.338 e. The highest BCUT2D eigenvalue weighted by Crippen LogP contribution is 2.34. The molecule has 0 spiro atoms. The summed E-state index contributed by atoms with van der Waals surface area (Å²) in [6, 6.07) is 9.48. The summed E-state index contributed by atoms with van der Waals surface area (Å²) < 4.78 is 28.0. The summed E-state index contributed by atoms with van der Waals surface area (Å²) in [5.41, 5.74) is 0.210. The molecule has 0 radical (unpaired) electrons. The standard InChI is InChI=1S/C18H19NO5S2/c1-26(22,23)14-8-6-13(7-9-14)18(21)24-12-17(20)19-10-2-4-15(19)16-5-3-11-25-16/h3,5-9,11,15H,2,4,10,12H2,1H3. The summed E-state index contributed by atoms with van der Waals surface area (Å²) >= 11 is 1.62. The molecule has 1 fully saturated rings. The zero-order chi connectivity index (χ0) is 18.7. The van der Waals surface area contributed by atoms with Crippen LogP contribution in [0.3, 0.4) is 0 Å². The van der Waals surface area contributed by atoms with Gasteiger partial charge in [0, 0.05) is 17.7 Å². The van der Waals surface area contributed by atoms with Crippen molar-refractivity contribution in [2.75, 3.05) is 19.4 Å². The molecule has 1 aromatic carbocycles. The Labute approximate surface area is 156 Å². The SMILES string of the molecule is CS(=O)(=O)c1ccc(C(=O)OCC(=O)N2CCCC2c2cccs2)cc1. The summed E-state index contributed by atoms with van der Waals surface area (Å²) in [5.74, 6) is -0.868. The Morgan fingerprint density at radius 2 is 1.96 bits per heavy atom. The highest BCUT2D eigenvalue weighted by molar-refractivity contribution is 7.90. The molecular formula is C18H19NO5S2. The van der Waals surface area contributed by atoms with Crippen molar-refractivity contribution >= 4 is 33.1 Å². The number of rotatable bonds is 5. The maximum absolute atomic E-state index is 12.4. The predicted octanol–water partition coefficient (Wildman–Crippen LogP) is 2.67. The van der Waals surface area contributed by atoms with Crippen molar-refractivity contribution in [2.45, 2.75) is 23.8 Å². The van der Waals surface area contributed by atoms with Crippen LogP contribution in [0.5, 0.6) is 0 Å². The Kier molecular flexibility index (Phi) is 5.43. The second-order valence-corrected chi connectivity index (χ2v) is 9.13. The lowest BCUT2D eigenvalue weighted by molar-refractivity contribution is -0.135. The summed E-state index contributed by atoms with van der Waals surface area (Å²) in [6.07, 6.45) is 2.93.